The van der Waals surface area contributed by atoms with E-state index in [4.69, 9.17) is 19.4 Å². The minimum Gasteiger partial charge on any atom is -0.494 e. The van der Waals surface area contributed by atoms with Gasteiger partial charge in [0, 0.05) is 0 Å². The molecule has 20 heavy (non-hydrogen) atoms. The van der Waals surface area contributed by atoms with Crippen LogP contribution < -0.4 is 10.5 Å². The molecule has 0 saturated heterocycles. The van der Waals surface area contributed by atoms with Crippen molar-refractivity contribution >= 4 is 5.82 Å². The molecule has 3 rings (SSSR count). The number of nitrogens with zero attached hydrogens (tertiary/aromatic N) is 1. The molecule has 0 aliphatic rings. The molecular formula is C15H14N2O3. The SMILES string of the molecule is CCOc1ccc(-c2c(N)noc2-c2ccoc2)cc1. The number of hydrogen-bond donors (Lipinski definition) is 1. The van der Waals surface area contributed by atoms with Gasteiger partial charge in [0.2, 0.25) is 0 Å². The second kappa shape index (κ2) is 5.13. The molecule has 2 N–H and O–H groups in total. The van der Waals surface area contributed by atoms with Gasteiger partial charge in [0.05, 0.1) is 24.0 Å². The average Bonchev–Trinajstić information content (AvgIpc) is 3.09. The van der Waals surface area contributed by atoms with E-state index in [1.807, 2.05) is 31.2 Å². The molecular weight excluding hydrogens is 256 g/mol. The van der Waals surface area contributed by atoms with Crippen LogP contribution in [0, 0.1) is 0 Å². The Hall–Kier alpha value is -2.69. The van der Waals surface area contributed by atoms with Crippen molar-refractivity contribution < 1.29 is 13.7 Å². The smallest absolute Gasteiger partial charge is 0.180 e. The second-order valence-corrected chi connectivity index (χ2v) is 4.24. The molecule has 5 heteroatoms. The number of furan rings is 1. The molecule has 0 saturated carbocycles. The summed E-state index contributed by atoms with van der Waals surface area (Å²) in [6, 6.07) is 9.45. The third kappa shape index (κ3) is 2.14. The van der Waals surface area contributed by atoms with Crippen molar-refractivity contribution in [3.8, 4) is 28.2 Å². The Morgan fingerprint density at radius 3 is 2.60 bits per heavy atom. The van der Waals surface area contributed by atoms with Crippen LogP contribution in [0.15, 0.2) is 51.8 Å². The molecule has 0 unspecified atom stereocenters. The number of anilines is 1. The third-order valence-corrected chi connectivity index (χ3v) is 2.96. The van der Waals surface area contributed by atoms with Gasteiger partial charge in [0.25, 0.3) is 0 Å². The Labute approximate surface area is 115 Å². The molecule has 102 valence electrons. The Bertz CT molecular complexity index is 684. The van der Waals surface area contributed by atoms with Crippen LogP contribution in [0.3, 0.4) is 0 Å². The molecule has 2 aromatic heterocycles. The van der Waals surface area contributed by atoms with Crippen LogP contribution in [0.1, 0.15) is 6.92 Å². The zero-order valence-electron chi connectivity index (χ0n) is 11.0. The summed E-state index contributed by atoms with van der Waals surface area (Å²) >= 11 is 0. The number of nitrogen functional groups attached to an aromatic ring is 1. The van der Waals surface area contributed by atoms with Gasteiger partial charge in [-0.05, 0) is 30.7 Å². The first-order valence-electron chi connectivity index (χ1n) is 6.30. The Morgan fingerprint density at radius 1 is 1.15 bits per heavy atom. The monoisotopic (exact) mass is 270 g/mol. The van der Waals surface area contributed by atoms with Crippen LogP contribution in [-0.2, 0) is 0 Å². The lowest BCUT2D eigenvalue weighted by Crippen LogP contribution is -1.92. The largest absolute Gasteiger partial charge is 0.494 e. The van der Waals surface area contributed by atoms with E-state index in [-0.39, 0.29) is 0 Å². The first-order chi connectivity index (χ1) is 9.79. The molecule has 2 heterocycles. The number of aromatic nitrogens is 1. The predicted octanol–water partition coefficient (Wildman–Crippen LogP) is 3.58. The lowest BCUT2D eigenvalue weighted by Gasteiger charge is -2.05. The molecule has 0 fully saturated rings. The van der Waals surface area contributed by atoms with E-state index in [0.717, 1.165) is 22.4 Å². The van der Waals surface area contributed by atoms with Gasteiger partial charge in [0.15, 0.2) is 11.6 Å². The summed E-state index contributed by atoms with van der Waals surface area (Å²) in [5.41, 5.74) is 8.39. The van der Waals surface area contributed by atoms with Crippen LogP contribution in [0.2, 0.25) is 0 Å². The van der Waals surface area contributed by atoms with Crippen molar-refractivity contribution in [3.63, 3.8) is 0 Å². The van der Waals surface area contributed by atoms with E-state index in [1.165, 1.54) is 0 Å². The topological polar surface area (TPSA) is 74.4 Å². The standard InChI is InChI=1S/C15H14N2O3/c1-2-19-12-5-3-10(4-6-12)13-14(20-17-15(13)16)11-7-8-18-9-11/h3-9H,2H2,1H3,(H2,16,17). The summed E-state index contributed by atoms with van der Waals surface area (Å²) in [6.45, 7) is 2.58. The Kier molecular flexibility index (Phi) is 3.16. The highest BCUT2D eigenvalue weighted by molar-refractivity contribution is 5.86. The van der Waals surface area contributed by atoms with Gasteiger partial charge in [-0.1, -0.05) is 17.3 Å². The number of benzene rings is 1. The first kappa shape index (κ1) is 12.3. The van der Waals surface area contributed by atoms with E-state index in [1.54, 1.807) is 18.6 Å². The van der Waals surface area contributed by atoms with Gasteiger partial charge in [0.1, 0.15) is 12.0 Å². The first-order valence-corrected chi connectivity index (χ1v) is 6.30. The highest BCUT2D eigenvalue weighted by Gasteiger charge is 2.18. The normalized spacial score (nSPS) is 10.7. The molecule has 1 aromatic carbocycles. The lowest BCUT2D eigenvalue weighted by molar-refractivity contribution is 0.340. The second-order valence-electron chi connectivity index (χ2n) is 4.24. The maximum Gasteiger partial charge on any atom is 0.180 e. The van der Waals surface area contributed by atoms with Gasteiger partial charge in [-0.2, -0.15) is 0 Å². The van der Waals surface area contributed by atoms with E-state index >= 15 is 0 Å². The highest BCUT2D eigenvalue weighted by Crippen LogP contribution is 2.37. The average molecular weight is 270 g/mol. The van der Waals surface area contributed by atoms with Gasteiger partial charge in [-0.25, -0.2) is 0 Å². The fourth-order valence-corrected chi connectivity index (χ4v) is 2.06. The van der Waals surface area contributed by atoms with Crippen molar-refractivity contribution in [1.82, 2.24) is 5.16 Å². The minimum atomic E-state index is 0.352. The van der Waals surface area contributed by atoms with Gasteiger partial charge >= 0.3 is 0 Å². The van der Waals surface area contributed by atoms with Crippen LogP contribution in [-0.4, -0.2) is 11.8 Å². The van der Waals surface area contributed by atoms with E-state index in [0.29, 0.717) is 18.2 Å². The lowest BCUT2D eigenvalue weighted by atomic mass is 10.0. The maximum atomic E-state index is 5.91. The fourth-order valence-electron chi connectivity index (χ4n) is 2.06. The number of ether oxygens (including phenoxy) is 1. The Morgan fingerprint density at radius 2 is 1.95 bits per heavy atom. The fraction of sp³-hybridized carbons (Fsp3) is 0.133. The van der Waals surface area contributed by atoms with Crippen molar-refractivity contribution in [2.75, 3.05) is 12.3 Å². The van der Waals surface area contributed by atoms with Crippen molar-refractivity contribution in [3.05, 3.63) is 42.9 Å². The van der Waals surface area contributed by atoms with Gasteiger partial charge in [-0.15, -0.1) is 0 Å². The third-order valence-electron chi connectivity index (χ3n) is 2.96. The summed E-state index contributed by atoms with van der Waals surface area (Å²) in [5, 5.41) is 3.84. The molecule has 0 atom stereocenters. The molecule has 3 aromatic rings. The number of hydrogen-bond acceptors (Lipinski definition) is 5. The van der Waals surface area contributed by atoms with E-state index < -0.39 is 0 Å². The quantitative estimate of drug-likeness (QED) is 0.784. The predicted molar refractivity (Wildman–Crippen MR) is 75.2 cm³/mol. The summed E-state index contributed by atoms with van der Waals surface area (Å²) in [6.07, 6.45) is 3.17. The molecule has 0 bridgehead atoms. The zero-order valence-corrected chi connectivity index (χ0v) is 11.0. The maximum absolute atomic E-state index is 5.91. The molecule has 0 aliphatic carbocycles. The van der Waals surface area contributed by atoms with Crippen molar-refractivity contribution in [1.29, 1.82) is 0 Å². The number of rotatable bonds is 4. The van der Waals surface area contributed by atoms with Gasteiger partial charge in [-0.3, -0.25) is 0 Å². The van der Waals surface area contributed by atoms with Crippen molar-refractivity contribution in [2.24, 2.45) is 0 Å². The molecule has 0 spiro atoms. The highest BCUT2D eigenvalue weighted by atomic mass is 16.5. The number of nitrogens with two attached hydrogens (primary N) is 1. The molecule has 0 aliphatic heterocycles. The molecule has 5 nitrogen and oxygen atoms in total. The Balaban J connectivity index is 2.03. The summed E-state index contributed by atoms with van der Waals surface area (Å²) < 4.78 is 15.8. The van der Waals surface area contributed by atoms with Gasteiger partial charge < -0.3 is 19.4 Å². The van der Waals surface area contributed by atoms with Crippen LogP contribution >= 0.6 is 0 Å². The molecule has 0 radical (unpaired) electrons. The van der Waals surface area contributed by atoms with E-state index in [2.05, 4.69) is 5.16 Å². The van der Waals surface area contributed by atoms with Crippen LogP contribution in [0.25, 0.3) is 22.5 Å². The summed E-state index contributed by atoms with van der Waals surface area (Å²) in [7, 11) is 0. The summed E-state index contributed by atoms with van der Waals surface area (Å²) in [4.78, 5) is 0. The van der Waals surface area contributed by atoms with Crippen molar-refractivity contribution in [2.45, 2.75) is 6.92 Å². The molecule has 0 amide bonds. The summed E-state index contributed by atoms with van der Waals surface area (Å²) in [5.74, 6) is 1.77. The van der Waals surface area contributed by atoms with Crippen LogP contribution in [0.5, 0.6) is 5.75 Å². The van der Waals surface area contributed by atoms with Crippen LogP contribution in [0.4, 0.5) is 5.82 Å². The van der Waals surface area contributed by atoms with E-state index in [9.17, 15) is 0 Å². The minimum absolute atomic E-state index is 0.352. The zero-order chi connectivity index (χ0) is 13.9.